The van der Waals surface area contributed by atoms with E-state index in [9.17, 15) is 0 Å². The van der Waals surface area contributed by atoms with E-state index < -0.39 is 0 Å². The first-order valence-corrected chi connectivity index (χ1v) is 5.47. The molecule has 0 aliphatic heterocycles. The number of nitrogens with two attached hydrogens (primary N) is 1. The van der Waals surface area contributed by atoms with Crippen LogP contribution in [0.1, 0.15) is 5.82 Å². The Balaban J connectivity index is 2.19. The summed E-state index contributed by atoms with van der Waals surface area (Å²) in [6, 6.07) is 5.47. The maximum Gasteiger partial charge on any atom is 0.235 e. The summed E-state index contributed by atoms with van der Waals surface area (Å²) >= 11 is 1.44. The molecule has 0 radical (unpaired) electrons. The fourth-order valence-electron chi connectivity index (χ4n) is 1.39. The lowest BCUT2D eigenvalue weighted by Crippen LogP contribution is -1.93. The van der Waals surface area contributed by atoms with Gasteiger partial charge in [0, 0.05) is 0 Å². The fraction of sp³-hybridized carbons (Fsp3) is 0.111. The first-order valence-electron chi connectivity index (χ1n) is 4.66. The number of pyridine rings is 1. The second kappa shape index (κ2) is 3.24. The van der Waals surface area contributed by atoms with Crippen LogP contribution < -0.4 is 5.73 Å². The number of anilines is 1. The molecule has 0 aliphatic rings. The zero-order chi connectivity index (χ0) is 11.1. The third kappa shape index (κ3) is 1.33. The summed E-state index contributed by atoms with van der Waals surface area (Å²) in [4.78, 5) is 4.97. The van der Waals surface area contributed by atoms with Crippen LogP contribution in [0.2, 0.25) is 0 Å². The van der Waals surface area contributed by atoms with E-state index in [4.69, 9.17) is 5.73 Å². The van der Waals surface area contributed by atoms with Crippen molar-refractivity contribution in [3.05, 3.63) is 24.0 Å². The molecule has 3 aromatic rings. The lowest BCUT2D eigenvalue weighted by atomic mass is 10.3. The monoisotopic (exact) mass is 232 g/mol. The average Bonchev–Trinajstić information content (AvgIpc) is 2.81. The Morgan fingerprint density at radius 3 is 2.94 bits per heavy atom. The summed E-state index contributed by atoms with van der Waals surface area (Å²) < 4.78 is 1.70. The van der Waals surface area contributed by atoms with Crippen molar-refractivity contribution in [2.45, 2.75) is 6.92 Å². The van der Waals surface area contributed by atoms with Gasteiger partial charge in [-0.1, -0.05) is 17.4 Å². The number of aromatic nitrogens is 5. The van der Waals surface area contributed by atoms with Gasteiger partial charge in [0.15, 0.2) is 10.8 Å². The van der Waals surface area contributed by atoms with Gasteiger partial charge in [-0.2, -0.15) is 9.61 Å². The largest absolute Gasteiger partial charge is 0.384 e. The van der Waals surface area contributed by atoms with Crippen LogP contribution in [0.15, 0.2) is 18.2 Å². The van der Waals surface area contributed by atoms with Gasteiger partial charge in [0.25, 0.3) is 0 Å². The first kappa shape index (κ1) is 9.22. The van der Waals surface area contributed by atoms with E-state index in [0.29, 0.717) is 5.82 Å². The molecule has 0 spiro atoms. The molecule has 0 amide bonds. The second-order valence-corrected chi connectivity index (χ2v) is 4.25. The zero-order valence-electron chi connectivity index (χ0n) is 8.45. The lowest BCUT2D eigenvalue weighted by molar-refractivity contribution is 0.896. The van der Waals surface area contributed by atoms with E-state index in [0.717, 1.165) is 21.5 Å². The van der Waals surface area contributed by atoms with Gasteiger partial charge in [-0.05, 0) is 19.1 Å². The number of fused-ring (bicyclic) bond motifs is 1. The lowest BCUT2D eigenvalue weighted by Gasteiger charge is -1.95. The Labute approximate surface area is 94.8 Å². The number of hydrogen-bond acceptors (Lipinski definition) is 6. The standard InChI is InChI=1S/C9H8N6S/c1-5-12-13-9-15(5)14-8(16-9)6-3-2-4-7(10)11-6/h2-4H,1H3,(H2,10,11). The maximum absolute atomic E-state index is 5.63. The number of nitrogens with zero attached hydrogens (tertiary/aromatic N) is 5. The van der Waals surface area contributed by atoms with Gasteiger partial charge in [0.1, 0.15) is 11.5 Å². The van der Waals surface area contributed by atoms with Crippen molar-refractivity contribution in [3.63, 3.8) is 0 Å². The molecule has 0 aliphatic carbocycles. The van der Waals surface area contributed by atoms with Crippen molar-refractivity contribution in [1.82, 2.24) is 24.8 Å². The molecule has 0 bridgehead atoms. The third-order valence-electron chi connectivity index (χ3n) is 2.14. The van der Waals surface area contributed by atoms with E-state index in [1.54, 1.807) is 10.6 Å². The molecular formula is C9H8N6S. The minimum absolute atomic E-state index is 0.486. The molecule has 0 saturated carbocycles. The average molecular weight is 232 g/mol. The highest BCUT2D eigenvalue weighted by molar-refractivity contribution is 7.19. The molecule has 0 aromatic carbocycles. The quantitative estimate of drug-likeness (QED) is 0.680. The van der Waals surface area contributed by atoms with Crippen LogP contribution >= 0.6 is 11.3 Å². The molecule has 3 rings (SSSR count). The van der Waals surface area contributed by atoms with E-state index in [1.807, 2.05) is 19.1 Å². The van der Waals surface area contributed by atoms with Crippen LogP contribution in [-0.2, 0) is 0 Å². The van der Waals surface area contributed by atoms with Gasteiger partial charge in [0.05, 0.1) is 0 Å². The molecular weight excluding hydrogens is 224 g/mol. The van der Waals surface area contributed by atoms with Gasteiger partial charge >= 0.3 is 0 Å². The van der Waals surface area contributed by atoms with E-state index in [2.05, 4.69) is 20.3 Å². The summed E-state index contributed by atoms with van der Waals surface area (Å²) in [5.74, 6) is 1.25. The number of nitrogen functional groups attached to an aromatic ring is 1. The molecule has 0 fully saturated rings. The smallest absolute Gasteiger partial charge is 0.235 e. The number of hydrogen-bond donors (Lipinski definition) is 1. The van der Waals surface area contributed by atoms with E-state index in [1.165, 1.54) is 11.3 Å². The van der Waals surface area contributed by atoms with Crippen molar-refractivity contribution in [2.24, 2.45) is 0 Å². The fourth-order valence-corrected chi connectivity index (χ4v) is 2.24. The van der Waals surface area contributed by atoms with Crippen molar-refractivity contribution < 1.29 is 0 Å². The zero-order valence-corrected chi connectivity index (χ0v) is 9.27. The topological polar surface area (TPSA) is 82.0 Å². The van der Waals surface area contributed by atoms with Gasteiger partial charge in [-0.3, -0.25) is 0 Å². The summed E-state index contributed by atoms with van der Waals surface area (Å²) in [7, 11) is 0. The molecule has 7 heteroatoms. The Kier molecular flexibility index (Phi) is 1.87. The van der Waals surface area contributed by atoms with Crippen molar-refractivity contribution >= 4 is 22.1 Å². The molecule has 0 saturated heterocycles. The predicted molar refractivity (Wildman–Crippen MR) is 61.0 cm³/mol. The Hall–Kier alpha value is -2.02. The van der Waals surface area contributed by atoms with Crippen LogP contribution in [0.5, 0.6) is 0 Å². The van der Waals surface area contributed by atoms with Gasteiger partial charge in [-0.15, -0.1) is 10.2 Å². The molecule has 6 nitrogen and oxygen atoms in total. The predicted octanol–water partition coefficient (Wildman–Crippen LogP) is 1.14. The molecule has 3 aromatic heterocycles. The Morgan fingerprint density at radius 1 is 1.31 bits per heavy atom. The third-order valence-corrected chi connectivity index (χ3v) is 3.06. The summed E-state index contributed by atoms with van der Waals surface area (Å²) in [5.41, 5.74) is 6.39. The van der Waals surface area contributed by atoms with Crippen LogP contribution in [0.4, 0.5) is 5.82 Å². The Bertz CT molecular complexity index is 655. The molecule has 3 heterocycles. The first-order chi connectivity index (χ1) is 7.74. The maximum atomic E-state index is 5.63. The van der Waals surface area contributed by atoms with Gasteiger partial charge in [-0.25, -0.2) is 4.98 Å². The van der Waals surface area contributed by atoms with Crippen LogP contribution in [0, 0.1) is 6.92 Å². The van der Waals surface area contributed by atoms with E-state index in [-0.39, 0.29) is 0 Å². The van der Waals surface area contributed by atoms with E-state index >= 15 is 0 Å². The van der Waals surface area contributed by atoms with Crippen LogP contribution in [0.25, 0.3) is 15.7 Å². The van der Waals surface area contributed by atoms with Crippen molar-refractivity contribution in [3.8, 4) is 10.7 Å². The molecule has 2 N–H and O–H groups in total. The SMILES string of the molecule is Cc1nnc2sc(-c3cccc(N)n3)nn12. The number of rotatable bonds is 1. The molecule has 0 atom stereocenters. The van der Waals surface area contributed by atoms with Gasteiger partial charge < -0.3 is 5.73 Å². The van der Waals surface area contributed by atoms with Crippen molar-refractivity contribution in [2.75, 3.05) is 5.73 Å². The van der Waals surface area contributed by atoms with Crippen LogP contribution in [0.3, 0.4) is 0 Å². The van der Waals surface area contributed by atoms with Gasteiger partial charge in [0.2, 0.25) is 4.96 Å². The van der Waals surface area contributed by atoms with Crippen LogP contribution in [-0.4, -0.2) is 24.8 Å². The molecule has 0 unspecified atom stereocenters. The minimum atomic E-state index is 0.486. The molecule has 80 valence electrons. The highest BCUT2D eigenvalue weighted by atomic mass is 32.1. The highest BCUT2D eigenvalue weighted by Crippen LogP contribution is 2.23. The Morgan fingerprint density at radius 2 is 2.19 bits per heavy atom. The van der Waals surface area contributed by atoms with Crippen molar-refractivity contribution in [1.29, 1.82) is 0 Å². The summed E-state index contributed by atoms with van der Waals surface area (Å²) in [5, 5.41) is 13.1. The molecule has 16 heavy (non-hydrogen) atoms. The highest BCUT2D eigenvalue weighted by Gasteiger charge is 2.11. The summed E-state index contributed by atoms with van der Waals surface area (Å²) in [6.07, 6.45) is 0. The normalized spacial score (nSPS) is 11.1. The number of aryl methyl sites for hydroxylation is 1. The summed E-state index contributed by atoms with van der Waals surface area (Å²) in [6.45, 7) is 1.86. The minimum Gasteiger partial charge on any atom is -0.384 e. The second-order valence-electron chi connectivity index (χ2n) is 3.30.